The van der Waals surface area contributed by atoms with Crippen molar-refractivity contribution in [3.63, 3.8) is 0 Å². The van der Waals surface area contributed by atoms with Crippen LogP contribution >= 0.6 is 0 Å². The fourth-order valence-electron chi connectivity index (χ4n) is 1.19. The van der Waals surface area contributed by atoms with Gasteiger partial charge in [0, 0.05) is 18.9 Å². The molecule has 0 aliphatic carbocycles. The molecule has 0 aromatic carbocycles. The molecule has 0 saturated heterocycles. The predicted octanol–water partition coefficient (Wildman–Crippen LogP) is 1.76. The summed E-state index contributed by atoms with van der Waals surface area (Å²) in [7, 11) is 4.14. The number of aromatic nitrogens is 1. The highest BCUT2D eigenvalue weighted by Crippen LogP contribution is 2.11. The molecule has 1 aromatic heterocycles. The van der Waals surface area contributed by atoms with Gasteiger partial charge in [0.15, 0.2) is 0 Å². The van der Waals surface area contributed by atoms with Crippen LogP contribution in [-0.2, 0) is 6.54 Å². The highest BCUT2D eigenvalue weighted by molar-refractivity contribution is 5.29. The summed E-state index contributed by atoms with van der Waals surface area (Å²) >= 11 is 0. The van der Waals surface area contributed by atoms with Gasteiger partial charge in [-0.25, -0.2) is 0 Å². The van der Waals surface area contributed by atoms with E-state index in [2.05, 4.69) is 37.8 Å². The third-order valence-electron chi connectivity index (χ3n) is 2.06. The highest BCUT2D eigenvalue weighted by atomic mass is 15.0. The van der Waals surface area contributed by atoms with Crippen molar-refractivity contribution in [1.82, 2.24) is 9.88 Å². The van der Waals surface area contributed by atoms with E-state index in [0.717, 1.165) is 6.54 Å². The monoisotopic (exact) mass is 164 g/mol. The highest BCUT2D eigenvalue weighted by Gasteiger charge is 2.01. The van der Waals surface area contributed by atoms with E-state index >= 15 is 0 Å². The van der Waals surface area contributed by atoms with E-state index in [-0.39, 0.29) is 0 Å². The van der Waals surface area contributed by atoms with Crippen molar-refractivity contribution in [2.45, 2.75) is 20.4 Å². The van der Waals surface area contributed by atoms with Crippen molar-refractivity contribution in [3.05, 3.63) is 29.1 Å². The summed E-state index contributed by atoms with van der Waals surface area (Å²) in [4.78, 5) is 6.33. The second-order valence-electron chi connectivity index (χ2n) is 3.48. The zero-order valence-corrected chi connectivity index (χ0v) is 8.26. The summed E-state index contributed by atoms with van der Waals surface area (Å²) in [5.41, 5.74) is 3.95. The minimum atomic E-state index is 0.973. The van der Waals surface area contributed by atoms with Gasteiger partial charge in [0.05, 0.1) is 0 Å². The SMILES string of the molecule is Cc1cncc(CN(C)C)c1C. The van der Waals surface area contributed by atoms with Crippen molar-refractivity contribution < 1.29 is 0 Å². The Kier molecular flexibility index (Phi) is 2.82. The second kappa shape index (κ2) is 3.68. The maximum absolute atomic E-state index is 4.17. The molecule has 0 N–H and O–H groups in total. The van der Waals surface area contributed by atoms with Crippen LogP contribution in [0.4, 0.5) is 0 Å². The van der Waals surface area contributed by atoms with Crippen LogP contribution in [0.15, 0.2) is 12.4 Å². The third-order valence-corrected chi connectivity index (χ3v) is 2.06. The van der Waals surface area contributed by atoms with Crippen LogP contribution in [0.5, 0.6) is 0 Å². The van der Waals surface area contributed by atoms with E-state index in [0.29, 0.717) is 0 Å². The smallest absolute Gasteiger partial charge is 0.0315 e. The van der Waals surface area contributed by atoms with E-state index in [9.17, 15) is 0 Å². The fourth-order valence-corrected chi connectivity index (χ4v) is 1.19. The van der Waals surface area contributed by atoms with Gasteiger partial charge in [-0.2, -0.15) is 0 Å². The number of hydrogen-bond donors (Lipinski definition) is 0. The first-order chi connectivity index (χ1) is 5.61. The Bertz CT molecular complexity index is 267. The molecule has 66 valence electrons. The van der Waals surface area contributed by atoms with Crippen LogP contribution in [0.2, 0.25) is 0 Å². The predicted molar refractivity (Wildman–Crippen MR) is 51.1 cm³/mol. The van der Waals surface area contributed by atoms with Gasteiger partial charge in [-0.3, -0.25) is 4.98 Å². The first-order valence-electron chi connectivity index (χ1n) is 4.16. The molecule has 0 unspecified atom stereocenters. The summed E-state index contributed by atoms with van der Waals surface area (Å²) in [6.07, 6.45) is 3.86. The van der Waals surface area contributed by atoms with Crippen molar-refractivity contribution >= 4 is 0 Å². The molecule has 0 aliphatic heterocycles. The van der Waals surface area contributed by atoms with Crippen LogP contribution in [0.25, 0.3) is 0 Å². The molecule has 0 amide bonds. The van der Waals surface area contributed by atoms with Gasteiger partial charge in [0.1, 0.15) is 0 Å². The molecule has 1 rings (SSSR count). The molecule has 1 aromatic rings. The Labute approximate surface area is 74.2 Å². The Morgan fingerprint density at radius 3 is 2.50 bits per heavy atom. The van der Waals surface area contributed by atoms with E-state index < -0.39 is 0 Å². The number of aryl methyl sites for hydroxylation is 1. The first-order valence-corrected chi connectivity index (χ1v) is 4.16. The lowest BCUT2D eigenvalue weighted by atomic mass is 10.1. The maximum atomic E-state index is 4.17. The van der Waals surface area contributed by atoms with E-state index in [1.54, 1.807) is 0 Å². The number of pyridine rings is 1. The average Bonchev–Trinajstić information content (AvgIpc) is 1.98. The van der Waals surface area contributed by atoms with Crippen LogP contribution < -0.4 is 0 Å². The Balaban J connectivity index is 2.92. The summed E-state index contributed by atoms with van der Waals surface area (Å²) in [5, 5.41) is 0. The minimum Gasteiger partial charge on any atom is -0.305 e. The molecule has 0 bridgehead atoms. The van der Waals surface area contributed by atoms with Gasteiger partial charge < -0.3 is 4.90 Å². The molecule has 2 nitrogen and oxygen atoms in total. The van der Waals surface area contributed by atoms with E-state index in [1.165, 1.54) is 16.7 Å². The maximum Gasteiger partial charge on any atom is 0.0315 e. The molecule has 12 heavy (non-hydrogen) atoms. The van der Waals surface area contributed by atoms with Gasteiger partial charge in [-0.05, 0) is 44.6 Å². The lowest BCUT2D eigenvalue weighted by molar-refractivity contribution is 0.401. The molecule has 1 heterocycles. The molecular formula is C10H16N2. The summed E-state index contributed by atoms with van der Waals surface area (Å²) in [5.74, 6) is 0. The number of rotatable bonds is 2. The average molecular weight is 164 g/mol. The lowest BCUT2D eigenvalue weighted by Crippen LogP contribution is -2.12. The van der Waals surface area contributed by atoms with Crippen molar-refractivity contribution in [2.75, 3.05) is 14.1 Å². The fraction of sp³-hybridized carbons (Fsp3) is 0.500. The Morgan fingerprint density at radius 1 is 1.25 bits per heavy atom. The third kappa shape index (κ3) is 2.05. The zero-order chi connectivity index (χ0) is 9.14. The van der Waals surface area contributed by atoms with Crippen LogP contribution in [0.1, 0.15) is 16.7 Å². The number of nitrogens with zero attached hydrogens (tertiary/aromatic N) is 2. The van der Waals surface area contributed by atoms with Crippen molar-refractivity contribution in [3.8, 4) is 0 Å². The van der Waals surface area contributed by atoms with Crippen LogP contribution in [0, 0.1) is 13.8 Å². The van der Waals surface area contributed by atoms with Gasteiger partial charge in [0.25, 0.3) is 0 Å². The van der Waals surface area contributed by atoms with Gasteiger partial charge in [-0.1, -0.05) is 0 Å². The standard InChI is InChI=1S/C10H16N2/c1-8-5-11-6-10(9(8)2)7-12(3)4/h5-6H,7H2,1-4H3. The molecule has 0 radical (unpaired) electrons. The van der Waals surface area contributed by atoms with Crippen LogP contribution in [0.3, 0.4) is 0 Å². The van der Waals surface area contributed by atoms with Gasteiger partial charge in [0.2, 0.25) is 0 Å². The normalized spacial score (nSPS) is 10.8. The van der Waals surface area contributed by atoms with E-state index in [1.807, 2.05) is 12.4 Å². The molecule has 2 heteroatoms. The Morgan fingerprint density at radius 2 is 1.92 bits per heavy atom. The summed E-state index contributed by atoms with van der Waals surface area (Å²) in [6, 6.07) is 0. The molecule has 0 atom stereocenters. The zero-order valence-electron chi connectivity index (χ0n) is 8.26. The van der Waals surface area contributed by atoms with Gasteiger partial charge in [-0.15, -0.1) is 0 Å². The van der Waals surface area contributed by atoms with Gasteiger partial charge >= 0.3 is 0 Å². The lowest BCUT2D eigenvalue weighted by Gasteiger charge is -2.12. The molecule has 0 aliphatic rings. The summed E-state index contributed by atoms with van der Waals surface area (Å²) < 4.78 is 0. The molecule has 0 spiro atoms. The van der Waals surface area contributed by atoms with Crippen molar-refractivity contribution in [2.24, 2.45) is 0 Å². The molecule has 0 saturated carbocycles. The van der Waals surface area contributed by atoms with Crippen LogP contribution in [-0.4, -0.2) is 24.0 Å². The topological polar surface area (TPSA) is 16.1 Å². The minimum absolute atomic E-state index is 0.973. The molecule has 0 fully saturated rings. The van der Waals surface area contributed by atoms with E-state index in [4.69, 9.17) is 0 Å². The molecular weight excluding hydrogens is 148 g/mol. The second-order valence-corrected chi connectivity index (χ2v) is 3.48. The van der Waals surface area contributed by atoms with Crippen molar-refractivity contribution in [1.29, 1.82) is 0 Å². The Hall–Kier alpha value is -0.890. The summed E-state index contributed by atoms with van der Waals surface area (Å²) in [6.45, 7) is 5.22. The largest absolute Gasteiger partial charge is 0.305 e. The number of hydrogen-bond acceptors (Lipinski definition) is 2. The quantitative estimate of drug-likeness (QED) is 0.662. The first kappa shape index (κ1) is 9.20.